The highest BCUT2D eigenvalue weighted by atomic mass is 16.5. The highest BCUT2D eigenvalue weighted by Crippen LogP contribution is 2.34. The molecular formula is C27H27N3O4. The molecular weight excluding hydrogens is 430 g/mol. The number of hydrogen-bond donors (Lipinski definition) is 1. The molecule has 1 aromatic heterocycles. The van der Waals surface area contributed by atoms with Crippen molar-refractivity contribution in [2.24, 2.45) is 0 Å². The van der Waals surface area contributed by atoms with Gasteiger partial charge in [-0.1, -0.05) is 60.7 Å². The standard InChI is InChI=1S/C27H27N3O4/c1-32-23-15-25(34-3)24(33-2)14-22(23)27(31)28-16-21-18-30(17-19-10-6-4-7-11-19)29-26(21)20-12-8-5-9-13-20/h4-15,18H,16-17H2,1-3H3,(H,28,31). The second kappa shape index (κ2) is 10.6. The first-order valence-electron chi connectivity index (χ1n) is 10.9. The van der Waals surface area contributed by atoms with Gasteiger partial charge in [0.25, 0.3) is 5.91 Å². The molecule has 0 aliphatic carbocycles. The average Bonchev–Trinajstić information content (AvgIpc) is 3.29. The lowest BCUT2D eigenvalue weighted by Crippen LogP contribution is -2.23. The Morgan fingerprint density at radius 1 is 0.853 bits per heavy atom. The first kappa shape index (κ1) is 22.9. The molecule has 174 valence electrons. The Kier molecular flexibility index (Phi) is 7.13. The monoisotopic (exact) mass is 457 g/mol. The maximum Gasteiger partial charge on any atom is 0.255 e. The van der Waals surface area contributed by atoms with Crippen LogP contribution in [-0.2, 0) is 13.1 Å². The van der Waals surface area contributed by atoms with Gasteiger partial charge < -0.3 is 19.5 Å². The van der Waals surface area contributed by atoms with Crippen LogP contribution < -0.4 is 19.5 Å². The second-order valence-corrected chi connectivity index (χ2v) is 7.64. The fraction of sp³-hybridized carbons (Fsp3) is 0.185. The molecule has 0 atom stereocenters. The molecule has 0 bridgehead atoms. The van der Waals surface area contributed by atoms with E-state index in [0.717, 1.165) is 22.4 Å². The van der Waals surface area contributed by atoms with Crippen LogP contribution in [0.4, 0.5) is 0 Å². The summed E-state index contributed by atoms with van der Waals surface area (Å²) in [4.78, 5) is 13.1. The van der Waals surface area contributed by atoms with Gasteiger partial charge in [-0.2, -0.15) is 5.10 Å². The maximum absolute atomic E-state index is 13.1. The van der Waals surface area contributed by atoms with Crippen molar-refractivity contribution < 1.29 is 19.0 Å². The summed E-state index contributed by atoms with van der Waals surface area (Å²) in [6.07, 6.45) is 1.97. The van der Waals surface area contributed by atoms with Crippen molar-refractivity contribution in [2.75, 3.05) is 21.3 Å². The Bertz CT molecular complexity index is 1250. The van der Waals surface area contributed by atoms with E-state index in [1.54, 1.807) is 12.1 Å². The zero-order valence-corrected chi connectivity index (χ0v) is 19.4. The Morgan fingerprint density at radius 3 is 2.12 bits per heavy atom. The van der Waals surface area contributed by atoms with Gasteiger partial charge in [-0.15, -0.1) is 0 Å². The predicted molar refractivity (Wildman–Crippen MR) is 130 cm³/mol. The molecule has 0 aliphatic heterocycles. The Balaban J connectivity index is 1.60. The summed E-state index contributed by atoms with van der Waals surface area (Å²) in [6.45, 7) is 0.938. The van der Waals surface area contributed by atoms with Crippen LogP contribution in [0.25, 0.3) is 11.3 Å². The Hall–Kier alpha value is -4.26. The quantitative estimate of drug-likeness (QED) is 0.399. The van der Waals surface area contributed by atoms with Gasteiger partial charge in [-0.05, 0) is 5.56 Å². The minimum absolute atomic E-state index is 0.285. The van der Waals surface area contributed by atoms with Crippen molar-refractivity contribution in [3.8, 4) is 28.5 Å². The number of rotatable bonds is 9. The number of nitrogens with zero attached hydrogens (tertiary/aromatic N) is 2. The molecule has 1 amide bonds. The normalized spacial score (nSPS) is 10.6. The number of carbonyl (C=O) groups is 1. The van der Waals surface area contributed by atoms with Gasteiger partial charge >= 0.3 is 0 Å². The van der Waals surface area contributed by atoms with Crippen molar-refractivity contribution in [1.29, 1.82) is 0 Å². The van der Waals surface area contributed by atoms with Gasteiger partial charge in [0.2, 0.25) is 0 Å². The third kappa shape index (κ3) is 5.04. The highest BCUT2D eigenvalue weighted by molar-refractivity contribution is 5.97. The van der Waals surface area contributed by atoms with Crippen LogP contribution >= 0.6 is 0 Å². The van der Waals surface area contributed by atoms with E-state index in [1.807, 2.05) is 59.4 Å². The van der Waals surface area contributed by atoms with E-state index in [2.05, 4.69) is 17.4 Å². The summed E-state index contributed by atoms with van der Waals surface area (Å²) >= 11 is 0. The molecule has 4 aromatic rings. The van der Waals surface area contributed by atoms with Crippen LogP contribution in [0.15, 0.2) is 79.0 Å². The van der Waals surface area contributed by atoms with Gasteiger partial charge in [-0.3, -0.25) is 9.48 Å². The molecule has 0 aliphatic rings. The third-order valence-electron chi connectivity index (χ3n) is 5.46. The molecule has 7 heteroatoms. The molecule has 1 heterocycles. The molecule has 3 aromatic carbocycles. The summed E-state index contributed by atoms with van der Waals surface area (Å²) < 4.78 is 18.0. The first-order chi connectivity index (χ1) is 16.6. The summed E-state index contributed by atoms with van der Waals surface area (Å²) in [5.41, 5.74) is 4.24. The van der Waals surface area contributed by atoms with E-state index in [1.165, 1.54) is 21.3 Å². The number of benzene rings is 3. The number of methoxy groups -OCH3 is 3. The Morgan fingerprint density at radius 2 is 1.47 bits per heavy atom. The number of nitrogens with one attached hydrogen (secondary N) is 1. The van der Waals surface area contributed by atoms with Gasteiger partial charge in [-0.25, -0.2) is 0 Å². The largest absolute Gasteiger partial charge is 0.496 e. The molecule has 0 radical (unpaired) electrons. The number of amides is 1. The smallest absolute Gasteiger partial charge is 0.255 e. The van der Waals surface area contributed by atoms with Gasteiger partial charge in [0.05, 0.1) is 39.1 Å². The van der Waals surface area contributed by atoms with Crippen molar-refractivity contribution in [2.45, 2.75) is 13.1 Å². The van der Waals surface area contributed by atoms with Crippen molar-refractivity contribution in [3.05, 3.63) is 95.7 Å². The van der Waals surface area contributed by atoms with Crippen molar-refractivity contribution >= 4 is 5.91 Å². The van der Waals surface area contributed by atoms with E-state index in [4.69, 9.17) is 19.3 Å². The lowest BCUT2D eigenvalue weighted by atomic mass is 10.1. The molecule has 0 unspecified atom stereocenters. The molecule has 4 rings (SSSR count). The minimum atomic E-state index is -0.285. The minimum Gasteiger partial charge on any atom is -0.496 e. The predicted octanol–water partition coefficient (Wildman–Crippen LogP) is 4.55. The number of carbonyl (C=O) groups excluding carboxylic acids is 1. The summed E-state index contributed by atoms with van der Waals surface area (Å²) in [6, 6.07) is 23.3. The SMILES string of the molecule is COc1cc(OC)c(C(=O)NCc2cn(Cc3ccccc3)nc2-c2ccccc2)cc1OC. The molecule has 0 saturated heterocycles. The van der Waals surface area contributed by atoms with Crippen molar-refractivity contribution in [3.63, 3.8) is 0 Å². The van der Waals surface area contributed by atoms with E-state index in [9.17, 15) is 4.79 Å². The summed E-state index contributed by atoms with van der Waals surface area (Å²) in [5.74, 6) is 1.06. The molecule has 0 spiro atoms. The molecule has 0 saturated carbocycles. The molecule has 7 nitrogen and oxygen atoms in total. The van der Waals surface area contributed by atoms with Crippen LogP contribution in [0.5, 0.6) is 17.2 Å². The molecule has 0 fully saturated rings. The van der Waals surface area contributed by atoms with Crippen LogP contribution in [0.1, 0.15) is 21.5 Å². The van der Waals surface area contributed by atoms with E-state index in [-0.39, 0.29) is 5.91 Å². The van der Waals surface area contributed by atoms with Crippen LogP contribution in [-0.4, -0.2) is 37.0 Å². The zero-order chi connectivity index (χ0) is 23.9. The van der Waals surface area contributed by atoms with Crippen LogP contribution in [0.3, 0.4) is 0 Å². The van der Waals surface area contributed by atoms with E-state index < -0.39 is 0 Å². The van der Waals surface area contributed by atoms with Crippen LogP contribution in [0, 0.1) is 0 Å². The average molecular weight is 458 g/mol. The number of aromatic nitrogens is 2. The number of ether oxygens (including phenoxy) is 3. The fourth-order valence-electron chi connectivity index (χ4n) is 3.76. The van der Waals surface area contributed by atoms with Gasteiger partial charge in [0.15, 0.2) is 11.5 Å². The molecule has 34 heavy (non-hydrogen) atoms. The zero-order valence-electron chi connectivity index (χ0n) is 19.4. The Labute approximate surface area is 198 Å². The van der Waals surface area contributed by atoms with Gasteiger partial charge in [0, 0.05) is 36.0 Å². The topological polar surface area (TPSA) is 74.6 Å². The maximum atomic E-state index is 13.1. The van der Waals surface area contributed by atoms with Crippen LogP contribution in [0.2, 0.25) is 0 Å². The first-order valence-corrected chi connectivity index (χ1v) is 10.9. The van der Waals surface area contributed by atoms with E-state index in [0.29, 0.717) is 35.9 Å². The lowest BCUT2D eigenvalue weighted by molar-refractivity contribution is 0.0947. The lowest BCUT2D eigenvalue weighted by Gasteiger charge is -2.14. The number of hydrogen-bond acceptors (Lipinski definition) is 5. The van der Waals surface area contributed by atoms with Crippen molar-refractivity contribution in [1.82, 2.24) is 15.1 Å². The summed E-state index contributed by atoms with van der Waals surface area (Å²) in [5, 5.41) is 7.81. The second-order valence-electron chi connectivity index (χ2n) is 7.64. The van der Waals surface area contributed by atoms with Gasteiger partial charge in [0.1, 0.15) is 5.75 Å². The third-order valence-corrected chi connectivity index (χ3v) is 5.46. The molecule has 1 N–H and O–H groups in total. The van der Waals surface area contributed by atoms with E-state index >= 15 is 0 Å². The summed E-state index contributed by atoms with van der Waals surface area (Å²) in [7, 11) is 4.58. The highest BCUT2D eigenvalue weighted by Gasteiger charge is 2.19. The fourth-order valence-corrected chi connectivity index (χ4v) is 3.76.